The molecular formula is C10H11ClN2OS. The Morgan fingerprint density at radius 3 is 2.67 bits per heavy atom. The zero-order valence-corrected chi connectivity index (χ0v) is 10.00. The smallest absolute Gasteiger partial charge is 0.222 e. The highest BCUT2D eigenvalue weighted by Crippen LogP contribution is 2.19. The number of nitrogens with one attached hydrogen (secondary N) is 2. The fourth-order valence-electron chi connectivity index (χ4n) is 1.08. The van der Waals surface area contributed by atoms with Crippen LogP contribution in [0.4, 0.5) is 5.69 Å². The van der Waals surface area contributed by atoms with Crippen molar-refractivity contribution in [1.82, 2.24) is 5.32 Å². The average Bonchev–Trinajstić information content (AvgIpc) is 2.08. The molecule has 1 aromatic rings. The number of anilines is 1. The second kappa shape index (κ2) is 5.09. The molecule has 1 amide bonds. The first-order valence-corrected chi connectivity index (χ1v) is 5.12. The summed E-state index contributed by atoms with van der Waals surface area (Å²) in [6.07, 6.45) is 0. The molecule has 80 valence electrons. The highest BCUT2D eigenvalue weighted by Gasteiger charge is 2.02. The van der Waals surface area contributed by atoms with Gasteiger partial charge in [-0.2, -0.15) is 0 Å². The molecule has 0 aromatic heterocycles. The Labute approximate surface area is 98.8 Å². The molecule has 0 aliphatic rings. The summed E-state index contributed by atoms with van der Waals surface area (Å²) in [6.45, 7) is 3.31. The van der Waals surface area contributed by atoms with Crippen molar-refractivity contribution in [1.29, 1.82) is 0 Å². The fourth-order valence-corrected chi connectivity index (χ4v) is 1.56. The Bertz CT molecular complexity index is 406. The molecular weight excluding hydrogens is 232 g/mol. The Morgan fingerprint density at radius 2 is 2.13 bits per heavy atom. The lowest BCUT2D eigenvalue weighted by molar-refractivity contribution is -0.117. The van der Waals surface area contributed by atoms with E-state index in [1.165, 1.54) is 6.92 Å². The van der Waals surface area contributed by atoms with Crippen LogP contribution >= 0.6 is 23.8 Å². The summed E-state index contributed by atoms with van der Waals surface area (Å²) in [4.78, 5) is 10.7. The van der Waals surface area contributed by atoms with E-state index < -0.39 is 0 Å². The van der Waals surface area contributed by atoms with Crippen LogP contribution in [0.15, 0.2) is 18.2 Å². The second-order valence-electron chi connectivity index (χ2n) is 3.09. The van der Waals surface area contributed by atoms with Crippen molar-refractivity contribution in [3.05, 3.63) is 28.8 Å². The van der Waals surface area contributed by atoms with E-state index in [9.17, 15) is 4.79 Å². The van der Waals surface area contributed by atoms with E-state index >= 15 is 0 Å². The van der Waals surface area contributed by atoms with E-state index in [1.807, 2.05) is 19.1 Å². The van der Waals surface area contributed by atoms with Gasteiger partial charge in [-0.1, -0.05) is 11.6 Å². The van der Waals surface area contributed by atoms with E-state index in [0.717, 1.165) is 11.3 Å². The van der Waals surface area contributed by atoms with E-state index in [-0.39, 0.29) is 11.0 Å². The number of benzene rings is 1. The molecule has 15 heavy (non-hydrogen) atoms. The number of carbonyl (C=O) groups is 1. The van der Waals surface area contributed by atoms with Crippen molar-refractivity contribution in [2.75, 3.05) is 5.32 Å². The Kier molecular flexibility index (Phi) is 4.05. The molecule has 0 heterocycles. The molecule has 5 heteroatoms. The molecule has 0 radical (unpaired) electrons. The van der Waals surface area contributed by atoms with Gasteiger partial charge < -0.3 is 10.6 Å². The van der Waals surface area contributed by atoms with Crippen LogP contribution in [0.1, 0.15) is 12.5 Å². The van der Waals surface area contributed by atoms with E-state index in [0.29, 0.717) is 5.02 Å². The number of hydrogen-bond donors (Lipinski definition) is 2. The quantitative estimate of drug-likeness (QED) is 0.744. The molecule has 0 aliphatic carbocycles. The molecule has 1 aromatic carbocycles. The van der Waals surface area contributed by atoms with Gasteiger partial charge in [0.05, 0.1) is 0 Å². The van der Waals surface area contributed by atoms with Gasteiger partial charge >= 0.3 is 0 Å². The van der Waals surface area contributed by atoms with Gasteiger partial charge in [0, 0.05) is 17.6 Å². The number of amides is 1. The summed E-state index contributed by atoms with van der Waals surface area (Å²) in [5, 5.41) is 6.35. The van der Waals surface area contributed by atoms with Gasteiger partial charge in [0.2, 0.25) is 5.91 Å². The Balaban J connectivity index is 2.72. The number of halogens is 1. The second-order valence-corrected chi connectivity index (χ2v) is 3.94. The molecule has 0 saturated heterocycles. The maximum absolute atomic E-state index is 10.7. The van der Waals surface area contributed by atoms with Crippen molar-refractivity contribution >= 4 is 40.5 Å². The molecule has 0 saturated carbocycles. The normalized spacial score (nSPS) is 9.53. The minimum absolute atomic E-state index is 0.195. The van der Waals surface area contributed by atoms with Gasteiger partial charge in [0.1, 0.15) is 0 Å². The van der Waals surface area contributed by atoms with Gasteiger partial charge in [-0.05, 0) is 42.9 Å². The third kappa shape index (κ3) is 3.85. The minimum atomic E-state index is -0.195. The first-order chi connectivity index (χ1) is 6.99. The van der Waals surface area contributed by atoms with Gasteiger partial charge in [0.15, 0.2) is 5.11 Å². The van der Waals surface area contributed by atoms with Crippen LogP contribution < -0.4 is 10.6 Å². The monoisotopic (exact) mass is 242 g/mol. The van der Waals surface area contributed by atoms with Crippen LogP contribution in [0.3, 0.4) is 0 Å². The highest BCUT2D eigenvalue weighted by molar-refractivity contribution is 7.80. The number of hydrogen-bond acceptors (Lipinski definition) is 2. The lowest BCUT2D eigenvalue weighted by atomic mass is 10.2. The van der Waals surface area contributed by atoms with Crippen molar-refractivity contribution in [2.24, 2.45) is 0 Å². The standard InChI is InChI=1S/C10H11ClN2OS/c1-6-5-8(11)3-4-9(6)13-10(15)12-7(2)14/h3-5H,1-2H3,(H2,12,13,14,15). The van der Waals surface area contributed by atoms with Crippen molar-refractivity contribution in [3.8, 4) is 0 Å². The van der Waals surface area contributed by atoms with Crippen LogP contribution in [-0.4, -0.2) is 11.0 Å². The first-order valence-electron chi connectivity index (χ1n) is 4.34. The minimum Gasteiger partial charge on any atom is -0.332 e. The zero-order valence-electron chi connectivity index (χ0n) is 8.43. The first kappa shape index (κ1) is 11.9. The molecule has 0 aliphatic heterocycles. The van der Waals surface area contributed by atoms with Gasteiger partial charge in [-0.25, -0.2) is 0 Å². The molecule has 2 N–H and O–H groups in total. The molecule has 0 spiro atoms. The lowest BCUT2D eigenvalue weighted by Crippen LogP contribution is -2.32. The summed E-state index contributed by atoms with van der Waals surface area (Å²) < 4.78 is 0. The van der Waals surface area contributed by atoms with Crippen LogP contribution in [0.25, 0.3) is 0 Å². The third-order valence-corrected chi connectivity index (χ3v) is 2.17. The summed E-state index contributed by atoms with van der Waals surface area (Å²) >= 11 is 10.7. The van der Waals surface area contributed by atoms with Crippen LogP contribution in [0.5, 0.6) is 0 Å². The van der Waals surface area contributed by atoms with Crippen LogP contribution in [-0.2, 0) is 4.79 Å². The third-order valence-electron chi connectivity index (χ3n) is 1.73. The van der Waals surface area contributed by atoms with E-state index in [4.69, 9.17) is 23.8 Å². The summed E-state index contributed by atoms with van der Waals surface area (Å²) in [6, 6.07) is 5.39. The van der Waals surface area contributed by atoms with E-state index in [2.05, 4.69) is 10.6 Å². The Morgan fingerprint density at radius 1 is 1.47 bits per heavy atom. The number of thiocarbonyl (C=S) groups is 1. The summed E-state index contributed by atoms with van der Waals surface area (Å²) in [5.74, 6) is -0.195. The van der Waals surface area contributed by atoms with Gasteiger partial charge in [-0.3, -0.25) is 4.79 Å². The van der Waals surface area contributed by atoms with Crippen molar-refractivity contribution in [2.45, 2.75) is 13.8 Å². The average molecular weight is 243 g/mol. The van der Waals surface area contributed by atoms with Crippen LogP contribution in [0, 0.1) is 6.92 Å². The molecule has 0 atom stereocenters. The van der Waals surface area contributed by atoms with Crippen LogP contribution in [0.2, 0.25) is 5.02 Å². The summed E-state index contributed by atoms with van der Waals surface area (Å²) in [7, 11) is 0. The fraction of sp³-hybridized carbons (Fsp3) is 0.200. The highest BCUT2D eigenvalue weighted by atomic mass is 35.5. The molecule has 3 nitrogen and oxygen atoms in total. The number of carbonyl (C=O) groups excluding carboxylic acids is 1. The van der Waals surface area contributed by atoms with E-state index in [1.54, 1.807) is 6.07 Å². The number of aryl methyl sites for hydroxylation is 1. The molecule has 0 unspecified atom stereocenters. The molecule has 1 rings (SSSR count). The van der Waals surface area contributed by atoms with Gasteiger partial charge in [0.25, 0.3) is 0 Å². The maximum atomic E-state index is 10.7. The number of rotatable bonds is 1. The predicted octanol–water partition coefficient (Wildman–Crippen LogP) is 2.48. The largest absolute Gasteiger partial charge is 0.332 e. The SMILES string of the molecule is CC(=O)NC(=S)Nc1ccc(Cl)cc1C. The molecule has 0 bridgehead atoms. The van der Waals surface area contributed by atoms with Crippen molar-refractivity contribution in [3.63, 3.8) is 0 Å². The maximum Gasteiger partial charge on any atom is 0.222 e. The Hall–Kier alpha value is -1.13. The molecule has 0 fully saturated rings. The zero-order chi connectivity index (χ0) is 11.4. The topological polar surface area (TPSA) is 41.1 Å². The van der Waals surface area contributed by atoms with Gasteiger partial charge in [-0.15, -0.1) is 0 Å². The lowest BCUT2D eigenvalue weighted by Gasteiger charge is -2.10. The van der Waals surface area contributed by atoms with Crippen molar-refractivity contribution < 1.29 is 4.79 Å². The summed E-state index contributed by atoms with van der Waals surface area (Å²) in [5.41, 5.74) is 1.80. The predicted molar refractivity (Wildman–Crippen MR) is 66.2 cm³/mol.